The highest BCUT2D eigenvalue weighted by Crippen LogP contribution is 2.14. The molecule has 1 aliphatic heterocycles. The third-order valence-electron chi connectivity index (χ3n) is 4.58. The smallest absolute Gasteiger partial charge is 0.263 e. The molecule has 1 heterocycles. The second-order valence-corrected chi connectivity index (χ2v) is 6.66. The standard InChI is InChI=1S/C21H26N2O2/c1-17-7-6-8-19(15-17)16-22-11-13-23(14-12-22)21(24)18(2)25-20-9-4-3-5-10-20/h3-10,15,18H,11-14,16H2,1-2H3. The Labute approximate surface area is 150 Å². The first-order chi connectivity index (χ1) is 12.1. The van der Waals surface area contributed by atoms with Crippen LogP contribution >= 0.6 is 0 Å². The van der Waals surface area contributed by atoms with Gasteiger partial charge in [0, 0.05) is 32.7 Å². The fourth-order valence-electron chi connectivity index (χ4n) is 3.21. The highest BCUT2D eigenvalue weighted by atomic mass is 16.5. The lowest BCUT2D eigenvalue weighted by Gasteiger charge is -2.36. The summed E-state index contributed by atoms with van der Waals surface area (Å²) in [6.45, 7) is 8.21. The van der Waals surface area contributed by atoms with Gasteiger partial charge in [0.05, 0.1) is 0 Å². The molecule has 132 valence electrons. The van der Waals surface area contributed by atoms with Crippen LogP contribution < -0.4 is 4.74 Å². The Balaban J connectivity index is 1.49. The lowest BCUT2D eigenvalue weighted by molar-refractivity contribution is -0.139. The van der Waals surface area contributed by atoms with E-state index in [1.807, 2.05) is 42.2 Å². The van der Waals surface area contributed by atoms with Gasteiger partial charge < -0.3 is 9.64 Å². The molecule has 25 heavy (non-hydrogen) atoms. The summed E-state index contributed by atoms with van der Waals surface area (Å²) < 4.78 is 5.76. The predicted octanol–water partition coefficient (Wildman–Crippen LogP) is 3.11. The number of para-hydroxylation sites is 1. The van der Waals surface area contributed by atoms with Crippen LogP contribution in [0.15, 0.2) is 54.6 Å². The van der Waals surface area contributed by atoms with E-state index in [9.17, 15) is 4.79 Å². The highest BCUT2D eigenvalue weighted by molar-refractivity contribution is 5.81. The quantitative estimate of drug-likeness (QED) is 0.840. The summed E-state index contributed by atoms with van der Waals surface area (Å²) in [6, 6.07) is 18.1. The van der Waals surface area contributed by atoms with Crippen LogP contribution in [0.4, 0.5) is 0 Å². The normalized spacial score (nSPS) is 16.5. The van der Waals surface area contributed by atoms with E-state index in [1.165, 1.54) is 11.1 Å². The van der Waals surface area contributed by atoms with Crippen LogP contribution in [0, 0.1) is 6.92 Å². The molecule has 3 rings (SSSR count). The van der Waals surface area contributed by atoms with Crippen molar-refractivity contribution in [3.63, 3.8) is 0 Å². The number of nitrogens with zero attached hydrogens (tertiary/aromatic N) is 2. The summed E-state index contributed by atoms with van der Waals surface area (Å²) in [4.78, 5) is 16.9. The van der Waals surface area contributed by atoms with E-state index in [4.69, 9.17) is 4.74 Å². The summed E-state index contributed by atoms with van der Waals surface area (Å²) in [6.07, 6.45) is -0.453. The van der Waals surface area contributed by atoms with Crippen LogP contribution in [-0.2, 0) is 11.3 Å². The molecule has 4 heteroatoms. The number of piperazine rings is 1. The molecular formula is C21H26N2O2. The number of hydrogen-bond acceptors (Lipinski definition) is 3. The molecule has 1 saturated heterocycles. The summed E-state index contributed by atoms with van der Waals surface area (Å²) in [5, 5.41) is 0. The van der Waals surface area contributed by atoms with Crippen molar-refractivity contribution < 1.29 is 9.53 Å². The molecule has 0 aromatic heterocycles. The van der Waals surface area contributed by atoms with Gasteiger partial charge in [-0.1, -0.05) is 48.0 Å². The minimum Gasteiger partial charge on any atom is -0.481 e. The van der Waals surface area contributed by atoms with E-state index >= 15 is 0 Å². The second-order valence-electron chi connectivity index (χ2n) is 6.66. The molecule has 0 spiro atoms. The van der Waals surface area contributed by atoms with Gasteiger partial charge in [0.2, 0.25) is 0 Å². The average molecular weight is 338 g/mol. The van der Waals surface area contributed by atoms with Crippen molar-refractivity contribution in [1.82, 2.24) is 9.80 Å². The van der Waals surface area contributed by atoms with E-state index in [-0.39, 0.29) is 5.91 Å². The van der Waals surface area contributed by atoms with E-state index in [0.29, 0.717) is 0 Å². The number of carbonyl (C=O) groups excluding carboxylic acids is 1. The molecule has 2 aromatic carbocycles. The molecule has 0 bridgehead atoms. The van der Waals surface area contributed by atoms with Crippen molar-refractivity contribution in [1.29, 1.82) is 0 Å². The molecule has 1 unspecified atom stereocenters. The third-order valence-corrected chi connectivity index (χ3v) is 4.58. The number of carbonyl (C=O) groups is 1. The fourth-order valence-corrected chi connectivity index (χ4v) is 3.21. The molecule has 0 aliphatic carbocycles. The number of amides is 1. The number of hydrogen-bond donors (Lipinski definition) is 0. The Kier molecular flexibility index (Phi) is 5.71. The van der Waals surface area contributed by atoms with E-state index in [2.05, 4.69) is 36.1 Å². The van der Waals surface area contributed by atoms with Gasteiger partial charge in [-0.15, -0.1) is 0 Å². The van der Waals surface area contributed by atoms with Crippen LogP contribution in [-0.4, -0.2) is 48.0 Å². The van der Waals surface area contributed by atoms with Gasteiger partial charge >= 0.3 is 0 Å². The van der Waals surface area contributed by atoms with Gasteiger partial charge in [-0.25, -0.2) is 0 Å². The molecule has 0 N–H and O–H groups in total. The van der Waals surface area contributed by atoms with Crippen LogP contribution in [0.1, 0.15) is 18.1 Å². The Hall–Kier alpha value is -2.33. The summed E-state index contributed by atoms with van der Waals surface area (Å²) in [5.74, 6) is 0.806. The van der Waals surface area contributed by atoms with Crippen LogP contribution in [0.3, 0.4) is 0 Å². The molecule has 1 fully saturated rings. The molecule has 1 amide bonds. The first kappa shape index (κ1) is 17.5. The summed E-state index contributed by atoms with van der Waals surface area (Å²) in [7, 11) is 0. The maximum atomic E-state index is 12.6. The second kappa shape index (κ2) is 8.17. The van der Waals surface area contributed by atoms with Gasteiger partial charge in [-0.05, 0) is 31.5 Å². The maximum absolute atomic E-state index is 12.6. The van der Waals surface area contributed by atoms with E-state index in [0.717, 1.165) is 38.5 Å². The van der Waals surface area contributed by atoms with Gasteiger partial charge in [-0.3, -0.25) is 9.69 Å². The van der Waals surface area contributed by atoms with Crippen LogP contribution in [0.25, 0.3) is 0 Å². The van der Waals surface area contributed by atoms with Crippen molar-refractivity contribution >= 4 is 5.91 Å². The molecule has 0 saturated carbocycles. The average Bonchev–Trinajstić information content (AvgIpc) is 2.62. The van der Waals surface area contributed by atoms with Gasteiger partial charge in [0.1, 0.15) is 5.75 Å². The first-order valence-electron chi connectivity index (χ1n) is 8.90. The number of ether oxygens (including phenoxy) is 1. The predicted molar refractivity (Wildman–Crippen MR) is 99.6 cm³/mol. The maximum Gasteiger partial charge on any atom is 0.263 e. The largest absolute Gasteiger partial charge is 0.481 e. The number of benzene rings is 2. The lowest BCUT2D eigenvalue weighted by Crippen LogP contribution is -2.51. The van der Waals surface area contributed by atoms with Gasteiger partial charge in [0.25, 0.3) is 5.91 Å². The van der Waals surface area contributed by atoms with Gasteiger partial charge in [0.15, 0.2) is 6.10 Å². The zero-order valence-electron chi connectivity index (χ0n) is 15.0. The number of rotatable bonds is 5. The first-order valence-corrected chi connectivity index (χ1v) is 8.90. The molecule has 1 aliphatic rings. The SMILES string of the molecule is Cc1cccc(CN2CCN(C(=O)C(C)Oc3ccccc3)CC2)c1. The summed E-state index contributed by atoms with van der Waals surface area (Å²) in [5.41, 5.74) is 2.62. The Bertz CT molecular complexity index is 694. The van der Waals surface area contributed by atoms with Crippen LogP contribution in [0.5, 0.6) is 5.75 Å². The zero-order valence-corrected chi connectivity index (χ0v) is 15.0. The van der Waals surface area contributed by atoms with Crippen molar-refractivity contribution in [2.24, 2.45) is 0 Å². The van der Waals surface area contributed by atoms with Crippen molar-refractivity contribution in [2.75, 3.05) is 26.2 Å². The molecule has 2 aromatic rings. The Morgan fingerprint density at radius 3 is 2.44 bits per heavy atom. The molecular weight excluding hydrogens is 312 g/mol. The fraction of sp³-hybridized carbons (Fsp3) is 0.381. The molecule has 4 nitrogen and oxygen atoms in total. The van der Waals surface area contributed by atoms with Crippen molar-refractivity contribution in [3.8, 4) is 5.75 Å². The van der Waals surface area contributed by atoms with Crippen molar-refractivity contribution in [3.05, 3.63) is 65.7 Å². The lowest BCUT2D eigenvalue weighted by atomic mass is 10.1. The van der Waals surface area contributed by atoms with E-state index < -0.39 is 6.10 Å². The Morgan fingerprint density at radius 2 is 1.76 bits per heavy atom. The van der Waals surface area contributed by atoms with E-state index in [1.54, 1.807) is 0 Å². The highest BCUT2D eigenvalue weighted by Gasteiger charge is 2.26. The Morgan fingerprint density at radius 1 is 1.04 bits per heavy atom. The monoisotopic (exact) mass is 338 g/mol. The third kappa shape index (κ3) is 4.83. The minimum atomic E-state index is -0.453. The number of aryl methyl sites for hydroxylation is 1. The topological polar surface area (TPSA) is 32.8 Å². The van der Waals surface area contributed by atoms with Crippen molar-refractivity contribution in [2.45, 2.75) is 26.5 Å². The molecule has 0 radical (unpaired) electrons. The minimum absolute atomic E-state index is 0.0686. The van der Waals surface area contributed by atoms with Crippen LogP contribution in [0.2, 0.25) is 0 Å². The van der Waals surface area contributed by atoms with Gasteiger partial charge in [-0.2, -0.15) is 0 Å². The summed E-state index contributed by atoms with van der Waals surface area (Å²) >= 11 is 0. The molecule has 1 atom stereocenters. The zero-order chi connectivity index (χ0) is 17.6.